The fraction of sp³-hybridized carbons (Fsp3) is 0.368. The van der Waals surface area contributed by atoms with Gasteiger partial charge in [-0.25, -0.2) is 9.50 Å². The summed E-state index contributed by atoms with van der Waals surface area (Å²) in [7, 11) is 0. The predicted molar refractivity (Wildman–Crippen MR) is 96.5 cm³/mol. The van der Waals surface area contributed by atoms with Crippen LogP contribution < -0.4 is 0 Å². The first-order valence-electron chi connectivity index (χ1n) is 8.39. The SMILES string of the molecule is Cc1cc(C)n2ncc(CN3CC[C@H](c4cccc(Cl)c4)C3)c2n1. The molecular weight excluding hydrogens is 320 g/mol. The van der Waals surface area contributed by atoms with Gasteiger partial charge in [0.1, 0.15) is 0 Å². The summed E-state index contributed by atoms with van der Waals surface area (Å²) in [6, 6.07) is 10.3. The number of nitrogens with zero attached hydrogens (tertiary/aromatic N) is 4. The molecule has 0 spiro atoms. The second-order valence-electron chi connectivity index (χ2n) is 6.72. The maximum atomic E-state index is 6.14. The number of hydrogen-bond donors (Lipinski definition) is 0. The summed E-state index contributed by atoms with van der Waals surface area (Å²) < 4.78 is 1.94. The average Bonchev–Trinajstić information content (AvgIpc) is 3.16. The Morgan fingerprint density at radius 3 is 2.96 bits per heavy atom. The third-order valence-corrected chi connectivity index (χ3v) is 5.07. The molecule has 0 aliphatic carbocycles. The van der Waals surface area contributed by atoms with Crippen molar-refractivity contribution in [2.75, 3.05) is 13.1 Å². The minimum atomic E-state index is 0.557. The molecule has 0 amide bonds. The largest absolute Gasteiger partial charge is 0.298 e. The molecule has 0 unspecified atom stereocenters. The lowest BCUT2D eigenvalue weighted by Gasteiger charge is -2.15. The van der Waals surface area contributed by atoms with E-state index in [1.807, 2.05) is 29.8 Å². The van der Waals surface area contributed by atoms with E-state index in [1.54, 1.807) is 0 Å². The first-order chi connectivity index (χ1) is 11.6. The number of aryl methyl sites for hydroxylation is 2. The first kappa shape index (κ1) is 15.6. The lowest BCUT2D eigenvalue weighted by Crippen LogP contribution is -2.19. The topological polar surface area (TPSA) is 33.4 Å². The zero-order valence-electron chi connectivity index (χ0n) is 14.0. The van der Waals surface area contributed by atoms with Crippen molar-refractivity contribution in [3.8, 4) is 0 Å². The van der Waals surface area contributed by atoms with Gasteiger partial charge in [-0.1, -0.05) is 23.7 Å². The van der Waals surface area contributed by atoms with Gasteiger partial charge in [0, 0.05) is 35.1 Å². The average molecular weight is 341 g/mol. The summed E-state index contributed by atoms with van der Waals surface area (Å²) in [5.41, 5.74) is 5.70. The molecule has 1 fully saturated rings. The molecule has 5 heteroatoms. The maximum absolute atomic E-state index is 6.14. The molecule has 1 aromatic carbocycles. The predicted octanol–water partition coefficient (Wildman–Crippen LogP) is 3.99. The molecule has 1 atom stereocenters. The number of benzene rings is 1. The molecular formula is C19H21ClN4. The first-order valence-corrected chi connectivity index (χ1v) is 8.76. The molecule has 124 valence electrons. The van der Waals surface area contributed by atoms with E-state index in [2.05, 4.69) is 40.1 Å². The van der Waals surface area contributed by atoms with Crippen LogP contribution in [0.15, 0.2) is 36.5 Å². The van der Waals surface area contributed by atoms with Gasteiger partial charge in [0.25, 0.3) is 0 Å². The number of fused-ring (bicyclic) bond motifs is 1. The minimum Gasteiger partial charge on any atom is -0.298 e. The highest BCUT2D eigenvalue weighted by Gasteiger charge is 2.25. The molecule has 0 N–H and O–H groups in total. The summed E-state index contributed by atoms with van der Waals surface area (Å²) in [5, 5.41) is 5.32. The van der Waals surface area contributed by atoms with Gasteiger partial charge in [-0.05, 0) is 56.5 Å². The Morgan fingerprint density at radius 1 is 1.25 bits per heavy atom. The van der Waals surface area contributed by atoms with Crippen LogP contribution in [-0.2, 0) is 6.54 Å². The van der Waals surface area contributed by atoms with Crippen molar-refractivity contribution in [3.05, 3.63) is 64.1 Å². The molecule has 3 heterocycles. The fourth-order valence-corrected chi connectivity index (χ4v) is 3.88. The van der Waals surface area contributed by atoms with Crippen molar-refractivity contribution in [1.82, 2.24) is 19.5 Å². The summed E-state index contributed by atoms with van der Waals surface area (Å²) in [4.78, 5) is 7.17. The normalized spacial score (nSPS) is 18.5. The number of likely N-dealkylation sites (tertiary alicyclic amines) is 1. The van der Waals surface area contributed by atoms with E-state index in [-0.39, 0.29) is 0 Å². The van der Waals surface area contributed by atoms with E-state index in [1.165, 1.54) is 17.5 Å². The van der Waals surface area contributed by atoms with Crippen molar-refractivity contribution in [2.24, 2.45) is 0 Å². The molecule has 1 aliphatic heterocycles. The molecule has 2 aromatic heterocycles. The number of hydrogen-bond acceptors (Lipinski definition) is 3. The molecule has 4 rings (SSSR count). The van der Waals surface area contributed by atoms with Crippen LogP contribution in [0.1, 0.15) is 34.9 Å². The van der Waals surface area contributed by atoms with Crippen molar-refractivity contribution >= 4 is 17.2 Å². The van der Waals surface area contributed by atoms with Gasteiger partial charge in [-0.15, -0.1) is 0 Å². The number of aromatic nitrogens is 3. The van der Waals surface area contributed by atoms with Gasteiger partial charge < -0.3 is 0 Å². The Morgan fingerprint density at radius 2 is 2.12 bits per heavy atom. The highest BCUT2D eigenvalue weighted by molar-refractivity contribution is 6.30. The Kier molecular flexibility index (Phi) is 4.02. The van der Waals surface area contributed by atoms with Crippen LogP contribution in [-0.4, -0.2) is 32.6 Å². The summed E-state index contributed by atoms with van der Waals surface area (Å²) in [6.07, 6.45) is 3.13. The van der Waals surface area contributed by atoms with Crippen LogP contribution in [0, 0.1) is 13.8 Å². The van der Waals surface area contributed by atoms with Crippen molar-refractivity contribution in [3.63, 3.8) is 0 Å². The zero-order valence-corrected chi connectivity index (χ0v) is 14.8. The quantitative estimate of drug-likeness (QED) is 0.723. The van der Waals surface area contributed by atoms with Gasteiger partial charge in [-0.3, -0.25) is 4.90 Å². The molecule has 0 saturated carbocycles. The third kappa shape index (κ3) is 2.92. The van der Waals surface area contributed by atoms with Crippen LogP contribution in [0.25, 0.3) is 5.65 Å². The second kappa shape index (κ2) is 6.19. The summed E-state index contributed by atoms with van der Waals surface area (Å²) >= 11 is 6.14. The van der Waals surface area contributed by atoms with Crippen LogP contribution in [0.5, 0.6) is 0 Å². The van der Waals surface area contributed by atoms with E-state index < -0.39 is 0 Å². The summed E-state index contributed by atoms with van der Waals surface area (Å²) in [5.74, 6) is 0.557. The second-order valence-corrected chi connectivity index (χ2v) is 7.16. The van der Waals surface area contributed by atoms with Crippen LogP contribution in [0.3, 0.4) is 0 Å². The smallest absolute Gasteiger partial charge is 0.159 e. The van der Waals surface area contributed by atoms with Crippen molar-refractivity contribution in [1.29, 1.82) is 0 Å². The van der Waals surface area contributed by atoms with Crippen LogP contribution in [0.2, 0.25) is 5.02 Å². The summed E-state index contributed by atoms with van der Waals surface area (Å²) in [6.45, 7) is 7.16. The molecule has 4 nitrogen and oxygen atoms in total. The molecule has 1 saturated heterocycles. The number of rotatable bonds is 3. The van der Waals surface area contributed by atoms with Gasteiger partial charge in [0.15, 0.2) is 5.65 Å². The molecule has 0 bridgehead atoms. The Hall–Kier alpha value is -1.91. The van der Waals surface area contributed by atoms with Gasteiger partial charge in [0.05, 0.1) is 6.20 Å². The minimum absolute atomic E-state index is 0.557. The van der Waals surface area contributed by atoms with Crippen molar-refractivity contribution < 1.29 is 0 Å². The maximum Gasteiger partial charge on any atom is 0.159 e. The van der Waals surface area contributed by atoms with E-state index in [0.29, 0.717) is 5.92 Å². The third-order valence-electron chi connectivity index (χ3n) is 4.84. The highest BCUT2D eigenvalue weighted by Crippen LogP contribution is 2.30. The molecule has 0 radical (unpaired) electrons. The van der Waals surface area contributed by atoms with Crippen LogP contribution in [0.4, 0.5) is 0 Å². The molecule has 1 aliphatic rings. The van der Waals surface area contributed by atoms with E-state index in [4.69, 9.17) is 11.6 Å². The van der Waals surface area contributed by atoms with Crippen LogP contribution >= 0.6 is 11.6 Å². The van der Waals surface area contributed by atoms with Crippen molar-refractivity contribution in [2.45, 2.75) is 32.7 Å². The Bertz CT molecular complexity index is 886. The standard InChI is InChI=1S/C19H21ClN4/c1-13-8-14(2)24-19(22-13)17(10-21-24)12-23-7-6-16(11-23)15-4-3-5-18(20)9-15/h3-5,8-10,16H,6-7,11-12H2,1-2H3/t16-/m0/s1. The lowest BCUT2D eigenvalue weighted by atomic mass is 9.99. The lowest BCUT2D eigenvalue weighted by molar-refractivity contribution is 0.328. The Balaban J connectivity index is 1.53. The van der Waals surface area contributed by atoms with Gasteiger partial charge in [-0.2, -0.15) is 5.10 Å². The van der Waals surface area contributed by atoms with E-state index in [9.17, 15) is 0 Å². The molecule has 24 heavy (non-hydrogen) atoms. The highest BCUT2D eigenvalue weighted by atomic mass is 35.5. The Labute approximate surface area is 147 Å². The van der Waals surface area contributed by atoms with Gasteiger partial charge in [0.2, 0.25) is 0 Å². The van der Waals surface area contributed by atoms with E-state index >= 15 is 0 Å². The molecule has 3 aromatic rings. The fourth-order valence-electron chi connectivity index (χ4n) is 3.68. The monoisotopic (exact) mass is 340 g/mol. The number of halogens is 1. The van der Waals surface area contributed by atoms with Gasteiger partial charge >= 0.3 is 0 Å². The zero-order chi connectivity index (χ0) is 16.7. The van der Waals surface area contributed by atoms with E-state index in [0.717, 1.165) is 41.7 Å².